The van der Waals surface area contributed by atoms with Crippen LogP contribution in [0.4, 0.5) is 9.59 Å². The van der Waals surface area contributed by atoms with Gasteiger partial charge in [0.05, 0.1) is 12.5 Å². The van der Waals surface area contributed by atoms with Crippen molar-refractivity contribution in [2.24, 2.45) is 23.5 Å². The summed E-state index contributed by atoms with van der Waals surface area (Å²) in [7, 11) is 0. The van der Waals surface area contributed by atoms with Crippen LogP contribution in [0.15, 0.2) is 18.2 Å². The summed E-state index contributed by atoms with van der Waals surface area (Å²) in [4.78, 5) is 49.6. The SMILES string of the molecule is CCC(C)(C)OC(=O)Oc1ccc(C(C(C)COC(=O)C(C)C(C)C)[C@H](N)C(=O)O)cc1OC(=O)OC(C)(C)CC. The number of hydrogen-bond acceptors (Lipinski definition) is 10. The third kappa shape index (κ3) is 11.2. The van der Waals surface area contributed by atoms with Gasteiger partial charge >= 0.3 is 24.2 Å². The summed E-state index contributed by atoms with van der Waals surface area (Å²) in [6, 6.07) is 2.82. The third-order valence-corrected chi connectivity index (χ3v) is 7.31. The van der Waals surface area contributed by atoms with E-state index in [0.717, 1.165) is 0 Å². The first-order chi connectivity index (χ1) is 18.8. The highest BCUT2D eigenvalue weighted by atomic mass is 16.8. The van der Waals surface area contributed by atoms with E-state index in [-0.39, 0.29) is 29.9 Å². The number of carboxylic acid groups (broad SMARTS) is 1. The van der Waals surface area contributed by atoms with E-state index < -0.39 is 53.3 Å². The van der Waals surface area contributed by atoms with Crippen molar-refractivity contribution in [2.45, 2.75) is 105 Å². The van der Waals surface area contributed by atoms with E-state index in [9.17, 15) is 24.3 Å². The van der Waals surface area contributed by atoms with Gasteiger partial charge < -0.3 is 34.5 Å². The first kappa shape index (κ1) is 35.7. The van der Waals surface area contributed by atoms with E-state index in [2.05, 4.69) is 0 Å². The molecule has 0 fully saturated rings. The Morgan fingerprint density at radius 1 is 0.854 bits per heavy atom. The number of nitrogens with two attached hydrogens (primary N) is 1. The second-order valence-corrected chi connectivity index (χ2v) is 11.9. The number of esters is 1. The van der Waals surface area contributed by atoms with Gasteiger partial charge in [0.2, 0.25) is 0 Å². The van der Waals surface area contributed by atoms with Gasteiger partial charge in [-0.25, -0.2) is 9.59 Å². The molecule has 3 unspecified atom stereocenters. The summed E-state index contributed by atoms with van der Waals surface area (Å²) >= 11 is 0. The van der Waals surface area contributed by atoms with E-state index in [4.69, 9.17) is 29.4 Å². The third-order valence-electron chi connectivity index (χ3n) is 7.31. The van der Waals surface area contributed by atoms with Gasteiger partial charge in [-0.1, -0.05) is 47.6 Å². The lowest BCUT2D eigenvalue weighted by molar-refractivity contribution is -0.151. The topological polar surface area (TPSA) is 161 Å². The van der Waals surface area contributed by atoms with Crippen LogP contribution in [0.1, 0.15) is 93.6 Å². The Hall–Kier alpha value is -3.34. The van der Waals surface area contributed by atoms with Crippen molar-refractivity contribution in [1.82, 2.24) is 0 Å². The van der Waals surface area contributed by atoms with Crippen LogP contribution in [-0.4, -0.2) is 53.2 Å². The van der Waals surface area contributed by atoms with E-state index in [1.807, 2.05) is 27.7 Å². The Balaban J connectivity index is 3.46. The smallest absolute Gasteiger partial charge is 0.480 e. The number of rotatable bonds is 14. The lowest BCUT2D eigenvalue weighted by atomic mass is 9.82. The van der Waals surface area contributed by atoms with Crippen molar-refractivity contribution < 1.29 is 48.0 Å². The minimum absolute atomic E-state index is 0.0640. The first-order valence-electron chi connectivity index (χ1n) is 13.9. The van der Waals surface area contributed by atoms with Gasteiger partial charge in [0.25, 0.3) is 0 Å². The largest absolute Gasteiger partial charge is 0.514 e. The molecular formula is C30H47NO10. The molecule has 1 rings (SSSR count). The number of carbonyl (C=O) groups is 4. The maximum atomic E-state index is 12.7. The zero-order valence-electron chi connectivity index (χ0n) is 25.9. The Kier molecular flexibility index (Phi) is 13.1. The normalized spacial score (nSPS) is 14.8. The second-order valence-electron chi connectivity index (χ2n) is 11.9. The van der Waals surface area contributed by atoms with E-state index in [1.54, 1.807) is 41.5 Å². The molecule has 0 saturated carbocycles. The minimum Gasteiger partial charge on any atom is -0.480 e. The van der Waals surface area contributed by atoms with Gasteiger partial charge in [-0.05, 0) is 70.1 Å². The lowest BCUT2D eigenvalue weighted by Gasteiger charge is -2.29. The molecule has 11 heteroatoms. The molecule has 0 radical (unpaired) electrons. The van der Waals surface area contributed by atoms with Gasteiger partial charge in [-0.2, -0.15) is 0 Å². The molecule has 11 nitrogen and oxygen atoms in total. The van der Waals surface area contributed by atoms with Crippen LogP contribution in [-0.2, 0) is 23.8 Å². The number of aliphatic carboxylic acids is 1. The molecule has 4 atom stereocenters. The van der Waals surface area contributed by atoms with Crippen LogP contribution >= 0.6 is 0 Å². The molecule has 1 aromatic carbocycles. The average Bonchev–Trinajstić information content (AvgIpc) is 2.87. The predicted molar refractivity (Wildman–Crippen MR) is 152 cm³/mol. The van der Waals surface area contributed by atoms with Gasteiger partial charge in [-0.15, -0.1) is 0 Å². The van der Waals surface area contributed by atoms with Crippen molar-refractivity contribution in [3.63, 3.8) is 0 Å². The minimum atomic E-state index is -1.40. The summed E-state index contributed by atoms with van der Waals surface area (Å²) in [6.07, 6.45) is -1.04. The molecular weight excluding hydrogens is 534 g/mol. The molecule has 232 valence electrons. The van der Waals surface area contributed by atoms with Crippen molar-refractivity contribution in [1.29, 1.82) is 0 Å². The van der Waals surface area contributed by atoms with Crippen LogP contribution in [0.3, 0.4) is 0 Å². The van der Waals surface area contributed by atoms with Crippen molar-refractivity contribution in [3.8, 4) is 11.5 Å². The van der Waals surface area contributed by atoms with Gasteiger partial charge in [0.1, 0.15) is 17.2 Å². The monoisotopic (exact) mass is 581 g/mol. The van der Waals surface area contributed by atoms with Gasteiger partial charge in [0.15, 0.2) is 11.5 Å². The summed E-state index contributed by atoms with van der Waals surface area (Å²) < 4.78 is 27.0. The van der Waals surface area contributed by atoms with Crippen LogP contribution in [0.25, 0.3) is 0 Å². The summed E-state index contributed by atoms with van der Waals surface area (Å²) in [5.41, 5.74) is 4.80. The highest BCUT2D eigenvalue weighted by Gasteiger charge is 2.34. The highest BCUT2D eigenvalue weighted by molar-refractivity contribution is 5.75. The van der Waals surface area contributed by atoms with E-state index in [0.29, 0.717) is 18.4 Å². The molecule has 0 aliphatic carbocycles. The van der Waals surface area contributed by atoms with Crippen LogP contribution in [0, 0.1) is 17.8 Å². The summed E-state index contributed by atoms with van der Waals surface area (Å²) in [5, 5.41) is 9.75. The number of carboxylic acids is 1. The summed E-state index contributed by atoms with van der Waals surface area (Å²) in [6.45, 7) is 17.7. The molecule has 0 bridgehead atoms. The molecule has 0 spiro atoms. The predicted octanol–water partition coefficient (Wildman–Crippen LogP) is 6.06. The molecule has 41 heavy (non-hydrogen) atoms. The number of ether oxygens (including phenoxy) is 5. The van der Waals surface area contributed by atoms with Gasteiger partial charge in [-0.3, -0.25) is 9.59 Å². The van der Waals surface area contributed by atoms with Crippen LogP contribution in [0.5, 0.6) is 11.5 Å². The zero-order valence-corrected chi connectivity index (χ0v) is 25.9. The zero-order chi connectivity index (χ0) is 31.7. The molecule has 3 N–H and O–H groups in total. The number of hydrogen-bond donors (Lipinski definition) is 2. The molecule has 0 saturated heterocycles. The molecule has 0 aliphatic heterocycles. The fourth-order valence-electron chi connectivity index (χ4n) is 3.48. The van der Waals surface area contributed by atoms with Crippen LogP contribution < -0.4 is 15.2 Å². The van der Waals surface area contributed by atoms with Crippen LogP contribution in [0.2, 0.25) is 0 Å². The highest BCUT2D eigenvalue weighted by Crippen LogP contribution is 2.36. The molecule has 0 amide bonds. The second kappa shape index (κ2) is 15.0. The fraction of sp³-hybridized carbons (Fsp3) is 0.667. The maximum absolute atomic E-state index is 12.7. The standard InChI is InChI=1S/C30H47NO10/c1-11-29(7,8)40-27(35)38-21-14-13-20(15-22(21)39-28(36)41-30(9,10)12-2)23(24(31)25(32)33)18(5)16-37-26(34)19(6)17(3)4/h13-15,17-19,23-24H,11-12,16,31H2,1-10H3,(H,32,33)/t18?,19?,23?,24-/m0/s1. The Morgan fingerprint density at radius 2 is 1.34 bits per heavy atom. The Labute approximate surface area is 243 Å². The Morgan fingerprint density at radius 3 is 1.78 bits per heavy atom. The first-order valence-corrected chi connectivity index (χ1v) is 13.9. The van der Waals surface area contributed by atoms with E-state index >= 15 is 0 Å². The maximum Gasteiger partial charge on any atom is 0.514 e. The number of carbonyl (C=O) groups excluding carboxylic acids is 3. The quantitative estimate of drug-likeness (QED) is 0.149. The molecule has 0 heterocycles. The van der Waals surface area contributed by atoms with Crippen molar-refractivity contribution >= 4 is 24.2 Å². The van der Waals surface area contributed by atoms with Gasteiger partial charge in [0, 0.05) is 5.92 Å². The molecule has 0 aromatic heterocycles. The molecule has 1 aromatic rings. The summed E-state index contributed by atoms with van der Waals surface area (Å²) in [5.74, 6) is -3.74. The number of benzene rings is 1. The molecule has 0 aliphatic rings. The Bertz CT molecular complexity index is 1070. The lowest BCUT2D eigenvalue weighted by Crippen LogP contribution is -2.41. The van der Waals surface area contributed by atoms with Crippen molar-refractivity contribution in [2.75, 3.05) is 6.61 Å². The van der Waals surface area contributed by atoms with Crippen molar-refractivity contribution in [3.05, 3.63) is 23.8 Å². The van der Waals surface area contributed by atoms with E-state index in [1.165, 1.54) is 18.2 Å². The average molecular weight is 582 g/mol. The fourth-order valence-corrected chi connectivity index (χ4v) is 3.48.